The van der Waals surface area contributed by atoms with Gasteiger partial charge in [0.1, 0.15) is 0 Å². The SMILES string of the molecule is Cc1ccc2cc(/C=C/c3ccc4c(ccc5cc(/C=C/c6ccc7nc(C)ccc7c6)ccc54)c3)ccc2n1. The smallest absolute Gasteiger partial charge is 0.0705 e. The summed E-state index contributed by atoms with van der Waals surface area (Å²) < 4.78 is 0. The highest BCUT2D eigenvalue weighted by Gasteiger charge is 2.03. The number of hydrogen-bond donors (Lipinski definition) is 0. The van der Waals surface area contributed by atoms with Crippen LogP contribution < -0.4 is 0 Å². The molecule has 0 saturated heterocycles. The van der Waals surface area contributed by atoms with Crippen LogP contribution in [0.15, 0.2) is 109 Å². The van der Waals surface area contributed by atoms with Crippen molar-refractivity contribution < 1.29 is 0 Å². The van der Waals surface area contributed by atoms with Gasteiger partial charge in [0, 0.05) is 22.2 Å². The first kappa shape index (κ1) is 24.0. The normalized spacial score (nSPS) is 12.1. The fourth-order valence-corrected chi connectivity index (χ4v) is 5.40. The largest absolute Gasteiger partial charge is 0.253 e. The zero-order chi connectivity index (χ0) is 27.1. The highest BCUT2D eigenvalue weighted by molar-refractivity contribution is 6.08. The third kappa shape index (κ3) is 4.76. The summed E-state index contributed by atoms with van der Waals surface area (Å²) in [7, 11) is 0. The molecule has 5 aromatic carbocycles. The van der Waals surface area contributed by atoms with Gasteiger partial charge in [0.15, 0.2) is 0 Å². The average Bonchev–Trinajstić information content (AvgIpc) is 2.98. The number of nitrogens with zero attached hydrogens (tertiary/aromatic N) is 2. The molecule has 0 N–H and O–H groups in total. The molecule has 0 aliphatic heterocycles. The average molecular weight is 513 g/mol. The van der Waals surface area contributed by atoms with E-state index in [2.05, 4.69) is 143 Å². The molecular formula is C38H28N2. The summed E-state index contributed by atoms with van der Waals surface area (Å²) in [5, 5.41) is 7.37. The molecule has 0 saturated carbocycles. The zero-order valence-corrected chi connectivity index (χ0v) is 22.6. The molecule has 0 unspecified atom stereocenters. The van der Waals surface area contributed by atoms with E-state index in [1.54, 1.807) is 0 Å². The van der Waals surface area contributed by atoms with E-state index in [-0.39, 0.29) is 0 Å². The first-order chi connectivity index (χ1) is 19.6. The van der Waals surface area contributed by atoms with Crippen LogP contribution in [-0.2, 0) is 0 Å². The van der Waals surface area contributed by atoms with Gasteiger partial charge < -0.3 is 0 Å². The predicted octanol–water partition coefficient (Wildman–Crippen LogP) is 10.0. The Labute approximate surface area is 234 Å². The first-order valence-corrected chi connectivity index (χ1v) is 13.6. The molecule has 7 aromatic rings. The van der Waals surface area contributed by atoms with Crippen LogP contribution >= 0.6 is 0 Å². The lowest BCUT2D eigenvalue weighted by molar-refractivity contribution is 1.25. The van der Waals surface area contributed by atoms with E-state index in [1.807, 2.05) is 13.8 Å². The molecule has 0 aliphatic carbocycles. The van der Waals surface area contributed by atoms with Crippen LogP contribution in [0.5, 0.6) is 0 Å². The van der Waals surface area contributed by atoms with E-state index in [0.717, 1.165) is 33.2 Å². The predicted molar refractivity (Wildman–Crippen MR) is 172 cm³/mol. The van der Waals surface area contributed by atoms with E-state index in [9.17, 15) is 0 Å². The third-order valence-electron chi connectivity index (χ3n) is 7.53. The Morgan fingerprint density at radius 3 is 1.15 bits per heavy atom. The molecule has 2 nitrogen and oxygen atoms in total. The van der Waals surface area contributed by atoms with Gasteiger partial charge in [0.2, 0.25) is 0 Å². The van der Waals surface area contributed by atoms with Crippen molar-refractivity contribution in [1.82, 2.24) is 9.97 Å². The molecule has 0 spiro atoms. The van der Waals surface area contributed by atoms with Crippen LogP contribution in [0.25, 0.3) is 67.7 Å². The Morgan fingerprint density at radius 2 is 0.725 bits per heavy atom. The molecule has 0 radical (unpaired) electrons. The number of benzene rings is 5. The van der Waals surface area contributed by atoms with Gasteiger partial charge in [-0.15, -0.1) is 0 Å². The van der Waals surface area contributed by atoms with Gasteiger partial charge in [-0.1, -0.05) is 85.0 Å². The molecule has 0 aliphatic rings. The molecule has 0 fully saturated rings. The molecule has 190 valence electrons. The molecule has 7 rings (SSSR count). The van der Waals surface area contributed by atoms with Crippen LogP contribution in [0.2, 0.25) is 0 Å². The second-order valence-electron chi connectivity index (χ2n) is 10.5. The Kier molecular flexibility index (Phi) is 5.94. The quantitative estimate of drug-likeness (QED) is 0.173. The standard InChI is InChI=1S/C38H28N2/c1-25-3-13-33-23-29(11-19-37(33)39-25)7-5-27-9-17-35-31(21-27)15-16-32-22-28(10-18-36(32)35)6-8-30-12-20-38-34(24-30)14-4-26(2)40-38/h3-24H,1-2H3/b7-5+,8-6+. The highest BCUT2D eigenvalue weighted by atomic mass is 14.7. The summed E-state index contributed by atoms with van der Waals surface area (Å²) in [5.41, 5.74) is 8.89. The fourth-order valence-electron chi connectivity index (χ4n) is 5.40. The lowest BCUT2D eigenvalue weighted by Crippen LogP contribution is -1.84. The monoisotopic (exact) mass is 512 g/mol. The number of aryl methyl sites for hydroxylation is 2. The van der Waals surface area contributed by atoms with Crippen molar-refractivity contribution in [2.75, 3.05) is 0 Å². The second-order valence-corrected chi connectivity index (χ2v) is 10.5. The lowest BCUT2D eigenvalue weighted by atomic mass is 9.98. The summed E-state index contributed by atoms with van der Waals surface area (Å²) >= 11 is 0. The minimum atomic E-state index is 1.04. The van der Waals surface area contributed by atoms with Gasteiger partial charge in [0.25, 0.3) is 0 Å². The molecule has 0 bridgehead atoms. The van der Waals surface area contributed by atoms with Crippen molar-refractivity contribution in [1.29, 1.82) is 0 Å². The molecule has 2 heteroatoms. The van der Waals surface area contributed by atoms with Crippen molar-refractivity contribution in [3.63, 3.8) is 0 Å². The van der Waals surface area contributed by atoms with Crippen molar-refractivity contribution in [3.8, 4) is 0 Å². The number of pyridine rings is 2. The van der Waals surface area contributed by atoms with E-state index in [1.165, 1.54) is 43.8 Å². The van der Waals surface area contributed by atoms with E-state index < -0.39 is 0 Å². The van der Waals surface area contributed by atoms with E-state index in [0.29, 0.717) is 0 Å². The van der Waals surface area contributed by atoms with Crippen molar-refractivity contribution >= 4 is 67.7 Å². The summed E-state index contributed by atoms with van der Waals surface area (Å²) in [6, 6.07) is 39.1. The van der Waals surface area contributed by atoms with Crippen LogP contribution in [0, 0.1) is 13.8 Å². The molecule has 2 aromatic heterocycles. The van der Waals surface area contributed by atoms with Gasteiger partial charge in [0.05, 0.1) is 11.0 Å². The number of aromatic nitrogens is 2. The zero-order valence-electron chi connectivity index (χ0n) is 22.6. The third-order valence-corrected chi connectivity index (χ3v) is 7.53. The summed E-state index contributed by atoms with van der Waals surface area (Å²) in [4.78, 5) is 9.21. The summed E-state index contributed by atoms with van der Waals surface area (Å²) in [6.45, 7) is 4.05. The van der Waals surface area contributed by atoms with Gasteiger partial charge in [-0.3, -0.25) is 9.97 Å². The van der Waals surface area contributed by atoms with E-state index in [4.69, 9.17) is 0 Å². The number of rotatable bonds is 4. The van der Waals surface area contributed by atoms with E-state index >= 15 is 0 Å². The maximum absolute atomic E-state index is 4.61. The van der Waals surface area contributed by atoms with Gasteiger partial charge >= 0.3 is 0 Å². The second kappa shape index (κ2) is 9.91. The topological polar surface area (TPSA) is 25.8 Å². The lowest BCUT2D eigenvalue weighted by Gasteiger charge is -2.07. The maximum Gasteiger partial charge on any atom is 0.0705 e. The molecule has 2 heterocycles. The Bertz CT molecular complexity index is 1980. The minimum absolute atomic E-state index is 1.04. The van der Waals surface area contributed by atoms with Crippen LogP contribution in [0.3, 0.4) is 0 Å². The van der Waals surface area contributed by atoms with Crippen molar-refractivity contribution in [2.45, 2.75) is 13.8 Å². The van der Waals surface area contributed by atoms with Crippen molar-refractivity contribution in [3.05, 3.63) is 143 Å². The van der Waals surface area contributed by atoms with Crippen molar-refractivity contribution in [2.24, 2.45) is 0 Å². The summed E-state index contributed by atoms with van der Waals surface area (Å²) in [6.07, 6.45) is 8.72. The highest BCUT2D eigenvalue weighted by Crippen LogP contribution is 2.28. The van der Waals surface area contributed by atoms with Crippen LogP contribution in [0.1, 0.15) is 33.6 Å². The number of hydrogen-bond acceptors (Lipinski definition) is 2. The van der Waals surface area contributed by atoms with Crippen LogP contribution in [-0.4, -0.2) is 9.97 Å². The van der Waals surface area contributed by atoms with Gasteiger partial charge in [-0.25, -0.2) is 0 Å². The Morgan fingerprint density at radius 1 is 0.375 bits per heavy atom. The summed E-state index contributed by atoms with van der Waals surface area (Å²) in [5.74, 6) is 0. The van der Waals surface area contributed by atoms with Gasteiger partial charge in [-0.2, -0.15) is 0 Å². The minimum Gasteiger partial charge on any atom is -0.253 e. The van der Waals surface area contributed by atoms with Gasteiger partial charge in [-0.05, 0) is 106 Å². The maximum atomic E-state index is 4.61. The molecular weight excluding hydrogens is 484 g/mol. The number of fused-ring (bicyclic) bond motifs is 5. The van der Waals surface area contributed by atoms with Crippen LogP contribution in [0.4, 0.5) is 0 Å². The Hall–Kier alpha value is -5.08. The molecule has 0 amide bonds. The fraction of sp³-hybridized carbons (Fsp3) is 0.0526. The first-order valence-electron chi connectivity index (χ1n) is 13.6. The Balaban J connectivity index is 1.14. The molecule has 40 heavy (non-hydrogen) atoms. The molecule has 0 atom stereocenters.